The van der Waals surface area contributed by atoms with Crippen molar-refractivity contribution in [3.8, 4) is 0 Å². The van der Waals surface area contributed by atoms with Gasteiger partial charge in [0.05, 0.1) is 17.3 Å². The van der Waals surface area contributed by atoms with Crippen LogP contribution in [0.2, 0.25) is 5.02 Å². The average molecular weight is 430 g/mol. The van der Waals surface area contributed by atoms with Gasteiger partial charge in [-0.1, -0.05) is 35.9 Å². The molecule has 1 aliphatic heterocycles. The van der Waals surface area contributed by atoms with Crippen LogP contribution in [0.1, 0.15) is 5.56 Å². The number of amidine groups is 1. The van der Waals surface area contributed by atoms with Crippen LogP contribution in [0.25, 0.3) is 0 Å². The van der Waals surface area contributed by atoms with Gasteiger partial charge in [-0.25, -0.2) is 9.38 Å². The fourth-order valence-electron chi connectivity index (χ4n) is 2.73. The average Bonchev–Trinajstić information content (AvgIpc) is 2.66. The van der Waals surface area contributed by atoms with Crippen LogP contribution in [-0.4, -0.2) is 41.2 Å². The number of aliphatic imine (C=N–C) groups is 2. The summed E-state index contributed by atoms with van der Waals surface area (Å²) in [6.07, 6.45) is 0.884. The molecule has 1 aliphatic carbocycles. The van der Waals surface area contributed by atoms with Gasteiger partial charge in [-0.2, -0.15) is 18.2 Å². The van der Waals surface area contributed by atoms with E-state index in [9.17, 15) is 32.3 Å². The fourth-order valence-corrected chi connectivity index (χ4v) is 2.91. The number of aliphatic hydroxyl groups is 1. The number of benzene rings is 1. The molecule has 2 amide bonds. The Morgan fingerprint density at radius 3 is 2.62 bits per heavy atom. The van der Waals surface area contributed by atoms with Gasteiger partial charge in [0, 0.05) is 5.56 Å². The third-order valence-corrected chi connectivity index (χ3v) is 4.54. The van der Waals surface area contributed by atoms with E-state index in [-0.39, 0.29) is 5.84 Å². The fraction of sp³-hybridized carbons (Fsp3) is 0.222. The number of halogens is 5. The molecule has 0 fully saturated rings. The van der Waals surface area contributed by atoms with E-state index < -0.39 is 52.5 Å². The maximum Gasteiger partial charge on any atom is 0.430 e. The Morgan fingerprint density at radius 2 is 1.97 bits per heavy atom. The second kappa shape index (κ2) is 7.53. The molecule has 152 valence electrons. The minimum atomic E-state index is -5.45. The summed E-state index contributed by atoms with van der Waals surface area (Å²) in [5.41, 5.74) is -4.65. The summed E-state index contributed by atoms with van der Waals surface area (Å²) in [6.45, 7) is -0.647. The van der Waals surface area contributed by atoms with Gasteiger partial charge >= 0.3 is 6.18 Å². The molecule has 3 rings (SSSR count). The largest absolute Gasteiger partial charge is 0.430 e. The Bertz CT molecular complexity index is 1000. The zero-order valence-corrected chi connectivity index (χ0v) is 15.1. The number of nitrogens with zero attached hydrogens (tertiary/aromatic N) is 2. The number of rotatable bonds is 4. The molecule has 0 saturated carbocycles. The molecule has 2 atom stereocenters. The molecule has 2 unspecified atom stereocenters. The molecular weight excluding hydrogens is 418 g/mol. The van der Waals surface area contributed by atoms with E-state index >= 15 is 0 Å². The number of carbonyl (C=O) groups excluding carboxylic acids is 2. The first-order valence-electron chi connectivity index (χ1n) is 8.12. The van der Waals surface area contributed by atoms with Crippen LogP contribution in [0, 0.1) is 11.7 Å². The lowest BCUT2D eigenvalue weighted by Gasteiger charge is -2.29. The number of hydrogen-bond donors (Lipinski definition) is 2. The maximum atomic E-state index is 13.5. The van der Waals surface area contributed by atoms with Gasteiger partial charge in [-0.05, 0) is 18.2 Å². The number of amides is 2. The predicted molar refractivity (Wildman–Crippen MR) is 96.0 cm³/mol. The highest BCUT2D eigenvalue weighted by Gasteiger charge is 2.61. The third-order valence-electron chi connectivity index (χ3n) is 4.25. The molecule has 1 aromatic carbocycles. The van der Waals surface area contributed by atoms with Crippen LogP contribution in [0.4, 0.5) is 17.6 Å². The van der Waals surface area contributed by atoms with Crippen molar-refractivity contribution in [2.45, 2.75) is 11.8 Å². The summed E-state index contributed by atoms with van der Waals surface area (Å²) in [5.74, 6) is -4.38. The second-order valence-electron chi connectivity index (χ2n) is 6.14. The summed E-state index contributed by atoms with van der Waals surface area (Å²) in [5, 5.41) is 11.4. The molecule has 0 saturated heterocycles. The third kappa shape index (κ3) is 3.85. The van der Waals surface area contributed by atoms with Crippen molar-refractivity contribution in [3.63, 3.8) is 0 Å². The second-order valence-corrected chi connectivity index (χ2v) is 6.55. The monoisotopic (exact) mass is 429 g/mol. The Kier molecular flexibility index (Phi) is 5.42. The van der Waals surface area contributed by atoms with Crippen molar-refractivity contribution in [3.05, 3.63) is 58.9 Å². The van der Waals surface area contributed by atoms with Crippen molar-refractivity contribution in [1.29, 1.82) is 0 Å². The SMILES string of the molecule is O=C1N=C(CNC(=O)C(O)(c2ccc(F)c(Cl)c2)C(F)(F)F)N=C2C=CC=CC12. The van der Waals surface area contributed by atoms with E-state index in [2.05, 4.69) is 9.98 Å². The lowest BCUT2D eigenvalue weighted by molar-refractivity contribution is -0.256. The number of fused-ring (bicyclic) bond motifs is 1. The van der Waals surface area contributed by atoms with Crippen molar-refractivity contribution in [1.82, 2.24) is 5.32 Å². The van der Waals surface area contributed by atoms with Crippen molar-refractivity contribution in [2.24, 2.45) is 15.9 Å². The smallest absolute Gasteiger partial charge is 0.369 e. The summed E-state index contributed by atoms with van der Waals surface area (Å²) < 4.78 is 53.9. The number of nitrogens with one attached hydrogen (secondary N) is 1. The Morgan fingerprint density at radius 1 is 1.24 bits per heavy atom. The molecule has 11 heteroatoms. The van der Waals surface area contributed by atoms with Crippen LogP contribution in [-0.2, 0) is 15.2 Å². The summed E-state index contributed by atoms with van der Waals surface area (Å²) >= 11 is 5.48. The summed E-state index contributed by atoms with van der Waals surface area (Å²) in [7, 11) is 0. The van der Waals surface area contributed by atoms with Crippen LogP contribution in [0.15, 0.2) is 52.5 Å². The Hall–Kier alpha value is -2.85. The summed E-state index contributed by atoms with van der Waals surface area (Å²) in [6, 6.07) is 1.70. The lowest BCUT2D eigenvalue weighted by atomic mass is 9.92. The standard InChI is InChI=1S/C18H12ClF4N3O3/c19-11-7-9(5-6-12(11)20)17(29,18(21,22)23)16(28)24-8-14-25-13-4-2-1-3-10(13)15(27)26-14/h1-7,10,29H,8H2,(H,24,28). The highest BCUT2D eigenvalue weighted by atomic mass is 35.5. The van der Waals surface area contributed by atoms with Gasteiger partial charge < -0.3 is 10.4 Å². The molecule has 2 aliphatic rings. The lowest BCUT2D eigenvalue weighted by Crippen LogP contribution is -2.55. The minimum Gasteiger partial charge on any atom is -0.369 e. The first-order chi connectivity index (χ1) is 13.5. The van der Waals surface area contributed by atoms with Gasteiger partial charge in [0.1, 0.15) is 11.7 Å². The van der Waals surface area contributed by atoms with E-state index in [1.165, 1.54) is 6.08 Å². The van der Waals surface area contributed by atoms with Crippen LogP contribution in [0.5, 0.6) is 0 Å². The van der Waals surface area contributed by atoms with Crippen molar-refractivity contribution >= 4 is 35.0 Å². The Labute approximate surface area is 166 Å². The van der Waals surface area contributed by atoms with E-state index in [1.54, 1.807) is 18.2 Å². The van der Waals surface area contributed by atoms with Gasteiger partial charge in [-0.3, -0.25) is 9.59 Å². The van der Waals surface area contributed by atoms with Crippen molar-refractivity contribution in [2.75, 3.05) is 6.54 Å². The molecular formula is C18H12ClF4N3O3. The van der Waals surface area contributed by atoms with Gasteiger partial charge in [0.15, 0.2) is 5.84 Å². The van der Waals surface area contributed by atoms with Gasteiger partial charge in [0.2, 0.25) is 0 Å². The van der Waals surface area contributed by atoms with Crippen molar-refractivity contribution < 1.29 is 32.3 Å². The normalized spacial score (nSPS) is 20.5. The molecule has 29 heavy (non-hydrogen) atoms. The minimum absolute atomic E-state index is 0.226. The zero-order chi connectivity index (χ0) is 21.4. The molecule has 6 nitrogen and oxygen atoms in total. The van der Waals surface area contributed by atoms with E-state index in [0.717, 1.165) is 0 Å². The number of alkyl halides is 3. The number of carbonyl (C=O) groups is 2. The van der Waals surface area contributed by atoms with Crippen LogP contribution in [0.3, 0.4) is 0 Å². The van der Waals surface area contributed by atoms with E-state index in [1.807, 2.05) is 5.32 Å². The molecule has 0 aromatic heterocycles. The maximum absolute atomic E-state index is 13.5. The number of hydrogen-bond acceptors (Lipinski definition) is 4. The van der Waals surface area contributed by atoms with Crippen LogP contribution >= 0.6 is 11.6 Å². The van der Waals surface area contributed by atoms with Gasteiger partial charge in [0.25, 0.3) is 17.4 Å². The summed E-state index contributed by atoms with van der Waals surface area (Å²) in [4.78, 5) is 31.9. The highest BCUT2D eigenvalue weighted by Crippen LogP contribution is 2.40. The van der Waals surface area contributed by atoms with E-state index in [4.69, 9.17) is 11.6 Å². The topological polar surface area (TPSA) is 91.1 Å². The number of allylic oxidation sites excluding steroid dienone is 3. The Balaban J connectivity index is 1.84. The van der Waals surface area contributed by atoms with Crippen LogP contribution < -0.4 is 5.32 Å². The van der Waals surface area contributed by atoms with Gasteiger partial charge in [-0.15, -0.1) is 0 Å². The highest BCUT2D eigenvalue weighted by molar-refractivity contribution is 6.30. The molecule has 2 N–H and O–H groups in total. The molecule has 0 bridgehead atoms. The molecule has 1 aromatic rings. The first kappa shape index (κ1) is 20.9. The first-order valence-corrected chi connectivity index (χ1v) is 8.49. The van der Waals surface area contributed by atoms with E-state index in [0.29, 0.717) is 23.9 Å². The molecule has 0 radical (unpaired) electrons. The predicted octanol–water partition coefficient (Wildman–Crippen LogP) is 2.47. The molecule has 1 heterocycles. The zero-order valence-electron chi connectivity index (χ0n) is 14.4. The quantitative estimate of drug-likeness (QED) is 0.720. The molecule has 0 spiro atoms.